The lowest BCUT2D eigenvalue weighted by Crippen LogP contribution is -2.48. The average molecular weight is 376 g/mol. The fraction of sp³-hybridized carbons (Fsp3) is 0.278. The van der Waals surface area contributed by atoms with Crippen molar-refractivity contribution in [3.8, 4) is 0 Å². The lowest BCUT2D eigenvalue weighted by Gasteiger charge is -2.35. The van der Waals surface area contributed by atoms with Gasteiger partial charge in [0.15, 0.2) is 0 Å². The highest BCUT2D eigenvalue weighted by molar-refractivity contribution is 5.92. The lowest BCUT2D eigenvalue weighted by molar-refractivity contribution is -0.384. The van der Waals surface area contributed by atoms with Crippen LogP contribution in [-0.2, 0) is 4.79 Å². The molecule has 1 fully saturated rings. The summed E-state index contributed by atoms with van der Waals surface area (Å²) in [6.45, 7) is 2.04. The number of carbonyl (C=O) groups is 1. The Bertz CT molecular complexity index is 837. The van der Waals surface area contributed by atoms with Gasteiger partial charge in [0, 0.05) is 44.0 Å². The van der Waals surface area contributed by atoms with Gasteiger partial charge in [-0.2, -0.15) is 0 Å². The van der Waals surface area contributed by atoms with Crippen LogP contribution in [0.25, 0.3) is 0 Å². The predicted octanol–water partition coefficient (Wildman–Crippen LogP) is 2.63. The smallest absolute Gasteiger partial charge is 0.292 e. The quantitative estimate of drug-likeness (QED) is 0.641. The zero-order valence-corrected chi connectivity index (χ0v) is 14.4. The van der Waals surface area contributed by atoms with E-state index in [1.807, 2.05) is 4.90 Å². The third-order valence-corrected chi connectivity index (χ3v) is 4.34. The third-order valence-electron chi connectivity index (χ3n) is 4.34. The minimum Gasteiger partial charge on any atom is -0.363 e. The molecule has 7 nitrogen and oxygen atoms in total. The number of carbonyl (C=O) groups excluding carboxylic acids is 1. The number of nitro benzene ring substituents is 1. The van der Waals surface area contributed by atoms with Gasteiger partial charge >= 0.3 is 0 Å². The first-order valence-corrected chi connectivity index (χ1v) is 8.39. The van der Waals surface area contributed by atoms with Crippen LogP contribution in [0.4, 0.5) is 25.8 Å². The van der Waals surface area contributed by atoms with Gasteiger partial charge in [-0.1, -0.05) is 0 Å². The number of hydrogen-bond acceptors (Lipinski definition) is 5. The highest BCUT2D eigenvalue weighted by atomic mass is 19.1. The number of amides is 1. The maximum Gasteiger partial charge on any atom is 0.292 e. The summed E-state index contributed by atoms with van der Waals surface area (Å²) in [5.74, 6) is -1.14. The number of nitrogens with zero attached hydrogens (tertiary/aromatic N) is 3. The van der Waals surface area contributed by atoms with E-state index >= 15 is 0 Å². The summed E-state index contributed by atoms with van der Waals surface area (Å²) in [4.78, 5) is 26.4. The van der Waals surface area contributed by atoms with E-state index in [0.29, 0.717) is 31.9 Å². The fourth-order valence-electron chi connectivity index (χ4n) is 2.99. The highest BCUT2D eigenvalue weighted by Gasteiger charge is 2.25. The third kappa shape index (κ3) is 4.76. The zero-order chi connectivity index (χ0) is 19.4. The number of nitro groups is 1. The van der Waals surface area contributed by atoms with E-state index in [4.69, 9.17) is 0 Å². The van der Waals surface area contributed by atoms with Crippen molar-refractivity contribution < 1.29 is 18.5 Å². The minimum absolute atomic E-state index is 0.140. The predicted molar refractivity (Wildman–Crippen MR) is 96.7 cm³/mol. The summed E-state index contributed by atoms with van der Waals surface area (Å²) in [6, 6.07) is 8.88. The molecule has 1 N–H and O–H groups in total. The van der Waals surface area contributed by atoms with Crippen molar-refractivity contribution in [2.75, 3.05) is 42.9 Å². The van der Waals surface area contributed by atoms with Crippen LogP contribution in [0, 0.1) is 21.7 Å². The molecule has 142 valence electrons. The molecule has 0 aromatic heterocycles. The minimum atomic E-state index is -0.531. The number of rotatable bonds is 5. The van der Waals surface area contributed by atoms with Gasteiger partial charge < -0.3 is 10.2 Å². The van der Waals surface area contributed by atoms with Gasteiger partial charge in [-0.3, -0.25) is 19.8 Å². The summed E-state index contributed by atoms with van der Waals surface area (Å²) in [5.41, 5.74) is 0.615. The van der Waals surface area contributed by atoms with Crippen LogP contribution < -0.4 is 10.2 Å². The molecule has 1 heterocycles. The number of halogens is 2. The molecule has 1 saturated heterocycles. The number of piperazine rings is 1. The van der Waals surface area contributed by atoms with Gasteiger partial charge in [-0.25, -0.2) is 8.78 Å². The Hall–Kier alpha value is -3.07. The van der Waals surface area contributed by atoms with E-state index in [1.54, 1.807) is 4.90 Å². The molecule has 9 heteroatoms. The number of anilines is 2. The molecular weight excluding hydrogens is 358 g/mol. The number of benzene rings is 2. The first-order chi connectivity index (χ1) is 12.9. The van der Waals surface area contributed by atoms with Crippen LogP contribution in [0.3, 0.4) is 0 Å². The Balaban J connectivity index is 1.56. The molecule has 0 aliphatic carbocycles. The van der Waals surface area contributed by atoms with Crippen molar-refractivity contribution in [1.29, 1.82) is 0 Å². The molecule has 0 spiro atoms. The monoisotopic (exact) mass is 376 g/mol. The van der Waals surface area contributed by atoms with Gasteiger partial charge in [-0.15, -0.1) is 0 Å². The summed E-state index contributed by atoms with van der Waals surface area (Å²) in [7, 11) is 0. The van der Waals surface area contributed by atoms with Gasteiger partial charge in [0.2, 0.25) is 5.91 Å². The summed E-state index contributed by atoms with van der Waals surface area (Å²) in [5, 5.41) is 13.8. The lowest BCUT2D eigenvalue weighted by atomic mass is 10.2. The van der Waals surface area contributed by atoms with Crippen molar-refractivity contribution in [3.05, 3.63) is 64.2 Å². The van der Waals surface area contributed by atoms with Gasteiger partial charge in [-0.05, 0) is 30.3 Å². The number of nitrogens with one attached hydrogen (secondary N) is 1. The van der Waals surface area contributed by atoms with Crippen molar-refractivity contribution in [3.63, 3.8) is 0 Å². The molecule has 0 bridgehead atoms. The van der Waals surface area contributed by atoms with Crippen molar-refractivity contribution in [2.24, 2.45) is 0 Å². The molecule has 2 aromatic rings. The second kappa shape index (κ2) is 8.09. The van der Waals surface area contributed by atoms with E-state index in [9.17, 15) is 23.7 Å². The van der Waals surface area contributed by atoms with Gasteiger partial charge in [0.1, 0.15) is 17.3 Å². The summed E-state index contributed by atoms with van der Waals surface area (Å²) in [6.07, 6.45) is 0. The largest absolute Gasteiger partial charge is 0.363 e. The first kappa shape index (κ1) is 18.7. The Morgan fingerprint density at radius 1 is 1.04 bits per heavy atom. The second-order valence-electron chi connectivity index (χ2n) is 6.21. The maximum absolute atomic E-state index is 13.5. The van der Waals surface area contributed by atoms with Crippen LogP contribution in [0.2, 0.25) is 0 Å². The van der Waals surface area contributed by atoms with Crippen LogP contribution in [0.5, 0.6) is 0 Å². The molecule has 0 saturated carbocycles. The Kier molecular flexibility index (Phi) is 5.60. The molecule has 0 atom stereocenters. The van der Waals surface area contributed by atoms with E-state index in [1.165, 1.54) is 24.3 Å². The van der Waals surface area contributed by atoms with Crippen molar-refractivity contribution in [1.82, 2.24) is 4.90 Å². The molecule has 2 aromatic carbocycles. The maximum atomic E-state index is 13.5. The zero-order valence-electron chi connectivity index (χ0n) is 14.4. The number of hydrogen-bond donors (Lipinski definition) is 1. The Morgan fingerprint density at radius 2 is 1.67 bits per heavy atom. The molecule has 0 unspecified atom stereocenters. The molecule has 1 aliphatic rings. The van der Waals surface area contributed by atoms with Gasteiger partial charge in [0.05, 0.1) is 11.5 Å². The van der Waals surface area contributed by atoms with Gasteiger partial charge in [0.25, 0.3) is 5.69 Å². The van der Waals surface area contributed by atoms with E-state index in [2.05, 4.69) is 5.32 Å². The molecule has 0 radical (unpaired) electrons. The van der Waals surface area contributed by atoms with E-state index in [0.717, 1.165) is 18.2 Å². The average Bonchev–Trinajstić information content (AvgIpc) is 2.64. The van der Waals surface area contributed by atoms with Crippen LogP contribution in [0.15, 0.2) is 42.5 Å². The SMILES string of the molecule is O=C(CN1CCN(c2cc(F)ccc2[N+](=O)[O-])CC1)Nc1ccc(F)cc1. The standard InChI is InChI=1S/C18H18F2N4O3/c19-13-1-4-15(5-2-13)21-18(25)12-22-7-9-23(10-8-22)17-11-14(20)3-6-16(17)24(26)27/h1-6,11H,7-10,12H2,(H,21,25). The van der Waals surface area contributed by atoms with Crippen LogP contribution >= 0.6 is 0 Å². The first-order valence-electron chi connectivity index (χ1n) is 8.39. The Morgan fingerprint density at radius 3 is 2.30 bits per heavy atom. The topological polar surface area (TPSA) is 78.7 Å². The summed E-state index contributed by atoms with van der Waals surface area (Å²) < 4.78 is 26.4. The molecular formula is C18H18F2N4O3. The van der Waals surface area contributed by atoms with Crippen LogP contribution in [-0.4, -0.2) is 48.5 Å². The molecule has 27 heavy (non-hydrogen) atoms. The van der Waals surface area contributed by atoms with E-state index < -0.39 is 10.7 Å². The Labute approximate surface area is 154 Å². The van der Waals surface area contributed by atoms with Crippen LogP contribution in [0.1, 0.15) is 0 Å². The molecule has 1 amide bonds. The van der Waals surface area contributed by atoms with E-state index in [-0.39, 0.29) is 29.6 Å². The fourth-order valence-corrected chi connectivity index (χ4v) is 2.99. The highest BCUT2D eigenvalue weighted by Crippen LogP contribution is 2.29. The molecule has 1 aliphatic heterocycles. The second-order valence-corrected chi connectivity index (χ2v) is 6.21. The normalized spacial score (nSPS) is 14.8. The van der Waals surface area contributed by atoms with Crippen molar-refractivity contribution in [2.45, 2.75) is 0 Å². The summed E-state index contributed by atoms with van der Waals surface area (Å²) >= 11 is 0. The van der Waals surface area contributed by atoms with Crippen molar-refractivity contribution >= 4 is 23.0 Å². The molecule has 3 rings (SSSR count).